The monoisotopic (exact) mass is 273 g/mol. The Bertz CT molecular complexity index is 306. The zero-order chi connectivity index (χ0) is 14.1. The van der Waals surface area contributed by atoms with E-state index in [0.29, 0.717) is 0 Å². The van der Waals surface area contributed by atoms with Crippen molar-refractivity contribution in [2.24, 2.45) is 5.92 Å². The molecule has 4 nitrogen and oxygen atoms in total. The first-order chi connectivity index (χ1) is 8.04. The van der Waals surface area contributed by atoms with Crippen molar-refractivity contribution in [2.75, 3.05) is 13.2 Å². The van der Waals surface area contributed by atoms with Gasteiger partial charge in [0.25, 0.3) is 0 Å². The molecule has 1 aliphatic heterocycles. The highest BCUT2D eigenvalue weighted by molar-refractivity contribution is 6.73. The van der Waals surface area contributed by atoms with Crippen LogP contribution in [0.25, 0.3) is 0 Å². The molecule has 0 aromatic heterocycles. The third-order valence-corrected chi connectivity index (χ3v) is 5.40. The number of aliphatic hydroxyl groups excluding tert-OH is 1. The zero-order valence-electron chi connectivity index (χ0n) is 12.5. The van der Waals surface area contributed by atoms with Gasteiger partial charge in [0.15, 0.2) is 0 Å². The lowest BCUT2D eigenvalue weighted by Crippen LogP contribution is -2.52. The second kappa shape index (κ2) is 5.31. The number of esters is 1. The number of carbonyl (C=O) groups excluding carboxylic acids is 1. The van der Waals surface area contributed by atoms with E-state index in [4.69, 9.17) is 4.74 Å². The minimum absolute atomic E-state index is 0.138. The van der Waals surface area contributed by atoms with Crippen LogP contribution >= 0.6 is 0 Å². The van der Waals surface area contributed by atoms with Gasteiger partial charge in [-0.05, 0) is 39.7 Å². The van der Waals surface area contributed by atoms with Gasteiger partial charge in [-0.25, -0.2) is 0 Å². The number of hydrogen-bond acceptors (Lipinski definition) is 4. The van der Waals surface area contributed by atoms with Crippen LogP contribution in [0.2, 0.25) is 19.6 Å². The fourth-order valence-corrected chi connectivity index (χ4v) is 4.34. The largest absolute Gasteiger partial charge is 0.459 e. The van der Waals surface area contributed by atoms with Crippen molar-refractivity contribution in [1.82, 2.24) is 4.57 Å². The number of carbonyl (C=O) groups is 1. The van der Waals surface area contributed by atoms with Gasteiger partial charge in [-0.3, -0.25) is 4.79 Å². The summed E-state index contributed by atoms with van der Waals surface area (Å²) in [6, 6.07) is -0.173. The molecule has 106 valence electrons. The number of nitrogens with zero attached hydrogens (tertiary/aromatic N) is 1. The third-order valence-electron chi connectivity index (χ3n) is 3.19. The Hall–Kier alpha value is -0.393. The average Bonchev–Trinajstić information content (AvgIpc) is 2.57. The highest BCUT2D eigenvalue weighted by atomic mass is 28.3. The van der Waals surface area contributed by atoms with Crippen molar-refractivity contribution in [1.29, 1.82) is 0 Å². The van der Waals surface area contributed by atoms with Crippen LogP contribution in [0.15, 0.2) is 0 Å². The van der Waals surface area contributed by atoms with Crippen molar-refractivity contribution in [3.63, 3.8) is 0 Å². The van der Waals surface area contributed by atoms with Crippen LogP contribution < -0.4 is 0 Å². The van der Waals surface area contributed by atoms with Crippen molar-refractivity contribution in [3.05, 3.63) is 0 Å². The minimum Gasteiger partial charge on any atom is -0.459 e. The Kier molecular flexibility index (Phi) is 4.62. The van der Waals surface area contributed by atoms with Crippen LogP contribution in [0.1, 0.15) is 27.2 Å². The van der Waals surface area contributed by atoms with E-state index in [2.05, 4.69) is 24.2 Å². The standard InChI is InChI=1S/C13H27NO3Si/c1-13(2,3)17-12(16)11-7-10(9-15)8-14(11)18(4,5)6/h10-11,15H,7-9H2,1-6H3/t10-,11-/m1/s1. The lowest BCUT2D eigenvalue weighted by Gasteiger charge is -2.35. The number of aliphatic hydroxyl groups is 1. The van der Waals surface area contributed by atoms with Crippen molar-refractivity contribution >= 4 is 14.2 Å². The van der Waals surface area contributed by atoms with Crippen LogP contribution in [0.5, 0.6) is 0 Å². The summed E-state index contributed by atoms with van der Waals surface area (Å²) < 4.78 is 7.78. The molecule has 18 heavy (non-hydrogen) atoms. The molecule has 1 N–H and O–H groups in total. The Morgan fingerprint density at radius 2 is 1.94 bits per heavy atom. The maximum Gasteiger partial charge on any atom is 0.323 e. The Morgan fingerprint density at radius 3 is 2.33 bits per heavy atom. The molecule has 1 aliphatic rings. The molecule has 0 amide bonds. The van der Waals surface area contributed by atoms with Crippen molar-refractivity contribution in [3.8, 4) is 0 Å². The predicted molar refractivity (Wildman–Crippen MR) is 74.9 cm³/mol. The summed E-state index contributed by atoms with van der Waals surface area (Å²) in [5.74, 6) is 0.0649. The van der Waals surface area contributed by atoms with Gasteiger partial charge < -0.3 is 14.4 Å². The third kappa shape index (κ3) is 4.07. The lowest BCUT2D eigenvalue weighted by atomic mass is 10.1. The molecule has 0 unspecified atom stereocenters. The molecular weight excluding hydrogens is 246 g/mol. The second-order valence-corrected chi connectivity index (χ2v) is 12.1. The van der Waals surface area contributed by atoms with Gasteiger partial charge in [-0.15, -0.1) is 0 Å². The Morgan fingerprint density at radius 1 is 1.39 bits per heavy atom. The molecule has 1 fully saturated rings. The second-order valence-electron chi connectivity index (χ2n) is 7.16. The van der Waals surface area contributed by atoms with E-state index in [1.54, 1.807) is 0 Å². The SMILES string of the molecule is CC(C)(C)OC(=O)[C@H]1C[C@@H](CO)CN1[Si](C)(C)C. The van der Waals surface area contributed by atoms with Gasteiger partial charge >= 0.3 is 5.97 Å². The zero-order valence-corrected chi connectivity index (χ0v) is 13.5. The Labute approximate surface area is 111 Å². The smallest absolute Gasteiger partial charge is 0.323 e. The molecular formula is C13H27NO3Si. The summed E-state index contributed by atoms with van der Waals surface area (Å²) in [6.45, 7) is 13.3. The molecule has 1 rings (SSSR count). The molecule has 0 saturated carbocycles. The molecule has 1 heterocycles. The average molecular weight is 273 g/mol. The van der Waals surface area contributed by atoms with Crippen LogP contribution in [-0.2, 0) is 9.53 Å². The number of ether oxygens (including phenoxy) is 1. The van der Waals surface area contributed by atoms with Crippen molar-refractivity contribution in [2.45, 2.75) is 58.5 Å². The summed E-state index contributed by atoms with van der Waals surface area (Å²) in [7, 11) is -1.56. The normalized spacial score (nSPS) is 26.4. The number of hydrogen-bond donors (Lipinski definition) is 1. The molecule has 0 spiro atoms. The molecule has 5 heteroatoms. The molecule has 0 aromatic carbocycles. The van der Waals surface area contributed by atoms with E-state index < -0.39 is 13.8 Å². The van der Waals surface area contributed by atoms with E-state index in [1.165, 1.54) is 0 Å². The number of rotatable bonds is 3. The fourth-order valence-electron chi connectivity index (χ4n) is 2.39. The van der Waals surface area contributed by atoms with Crippen LogP contribution in [0.4, 0.5) is 0 Å². The van der Waals surface area contributed by atoms with E-state index in [0.717, 1.165) is 13.0 Å². The van der Waals surface area contributed by atoms with Crippen LogP contribution in [0.3, 0.4) is 0 Å². The highest BCUT2D eigenvalue weighted by Gasteiger charge is 2.43. The maximum atomic E-state index is 12.3. The quantitative estimate of drug-likeness (QED) is 0.630. The maximum absolute atomic E-state index is 12.3. The van der Waals surface area contributed by atoms with Crippen molar-refractivity contribution < 1.29 is 14.6 Å². The first-order valence-corrected chi connectivity index (χ1v) is 10.1. The molecule has 2 atom stereocenters. The first kappa shape index (κ1) is 15.7. The topological polar surface area (TPSA) is 49.8 Å². The van der Waals surface area contributed by atoms with E-state index in [1.807, 2.05) is 20.8 Å². The molecule has 0 bridgehead atoms. The summed E-state index contributed by atoms with van der Waals surface area (Å²) in [5.41, 5.74) is -0.445. The van der Waals surface area contributed by atoms with Gasteiger partial charge in [0.05, 0.1) is 0 Å². The summed E-state index contributed by atoms with van der Waals surface area (Å²) >= 11 is 0. The molecule has 0 aliphatic carbocycles. The van der Waals surface area contributed by atoms with E-state index >= 15 is 0 Å². The highest BCUT2D eigenvalue weighted by Crippen LogP contribution is 2.30. The summed E-state index contributed by atoms with van der Waals surface area (Å²) in [5, 5.41) is 9.32. The Balaban J connectivity index is 2.81. The van der Waals surface area contributed by atoms with Gasteiger partial charge in [0.1, 0.15) is 19.9 Å². The van der Waals surface area contributed by atoms with Gasteiger partial charge in [-0.2, -0.15) is 0 Å². The molecule has 0 radical (unpaired) electrons. The summed E-state index contributed by atoms with van der Waals surface area (Å²) in [6.07, 6.45) is 0.718. The van der Waals surface area contributed by atoms with Crippen LogP contribution in [-0.4, -0.2) is 48.7 Å². The molecule has 1 saturated heterocycles. The van der Waals surface area contributed by atoms with Gasteiger partial charge in [0.2, 0.25) is 0 Å². The predicted octanol–water partition coefficient (Wildman–Crippen LogP) is 1.85. The van der Waals surface area contributed by atoms with E-state index in [9.17, 15) is 9.90 Å². The fraction of sp³-hybridized carbons (Fsp3) is 0.923. The van der Waals surface area contributed by atoms with E-state index in [-0.39, 0.29) is 24.5 Å². The lowest BCUT2D eigenvalue weighted by molar-refractivity contribution is -0.159. The minimum atomic E-state index is -1.56. The van der Waals surface area contributed by atoms with Gasteiger partial charge in [0, 0.05) is 6.61 Å². The first-order valence-electron chi connectivity index (χ1n) is 6.65. The molecule has 0 aromatic rings. The van der Waals surface area contributed by atoms with Crippen LogP contribution in [0, 0.1) is 5.92 Å². The van der Waals surface area contributed by atoms with Gasteiger partial charge in [-0.1, -0.05) is 19.6 Å². The summed E-state index contributed by atoms with van der Waals surface area (Å²) in [4.78, 5) is 12.3.